The van der Waals surface area contributed by atoms with Gasteiger partial charge in [0.2, 0.25) is 0 Å². The van der Waals surface area contributed by atoms with E-state index in [2.05, 4.69) is 16.9 Å². The minimum absolute atomic E-state index is 0.494. The van der Waals surface area contributed by atoms with E-state index in [0.29, 0.717) is 5.15 Å². The van der Waals surface area contributed by atoms with Crippen molar-refractivity contribution < 1.29 is 0 Å². The van der Waals surface area contributed by atoms with Crippen molar-refractivity contribution in [3.63, 3.8) is 0 Å². The molecule has 0 aliphatic carbocycles. The molecule has 0 amide bonds. The largest absolute Gasteiger partial charge is 0.332 e. The third-order valence-corrected chi connectivity index (χ3v) is 2.44. The summed E-state index contributed by atoms with van der Waals surface area (Å²) in [6.07, 6.45) is 2.94. The predicted octanol–water partition coefficient (Wildman–Crippen LogP) is 2.70. The predicted molar refractivity (Wildman–Crippen MR) is 60.8 cm³/mol. The quantitative estimate of drug-likeness (QED) is 0.730. The number of nitrogens with zero attached hydrogens (tertiary/aromatic N) is 3. The van der Waals surface area contributed by atoms with Gasteiger partial charge >= 0.3 is 0 Å². The van der Waals surface area contributed by atoms with Crippen molar-refractivity contribution in [1.29, 1.82) is 0 Å². The van der Waals surface area contributed by atoms with E-state index in [1.165, 1.54) is 0 Å². The highest BCUT2D eigenvalue weighted by Gasteiger charge is 2.07. The molecule has 0 aromatic carbocycles. The molecule has 0 fully saturated rings. The highest BCUT2D eigenvalue weighted by molar-refractivity contribution is 6.29. The van der Waals surface area contributed by atoms with Crippen LogP contribution in [0.4, 0.5) is 0 Å². The van der Waals surface area contributed by atoms with Gasteiger partial charge in [-0.1, -0.05) is 24.6 Å². The Morgan fingerprint density at radius 1 is 1.33 bits per heavy atom. The summed E-state index contributed by atoms with van der Waals surface area (Å²) in [6.45, 7) is 2.08. The van der Waals surface area contributed by atoms with Gasteiger partial charge < -0.3 is 4.57 Å². The van der Waals surface area contributed by atoms with Crippen molar-refractivity contribution in [1.82, 2.24) is 14.5 Å². The summed E-state index contributed by atoms with van der Waals surface area (Å²) in [6, 6.07) is 5.55. The molecular weight excluding hydrogens is 210 g/mol. The second kappa shape index (κ2) is 4.03. The van der Waals surface area contributed by atoms with E-state index in [4.69, 9.17) is 11.6 Å². The Bertz CT molecular complexity index is 476. The lowest BCUT2D eigenvalue weighted by atomic mass is 10.3. The SMILES string of the molecule is CCc1cn(C)c(-c2cccc(Cl)n2)n1. The Labute approximate surface area is 93.7 Å². The highest BCUT2D eigenvalue weighted by atomic mass is 35.5. The fourth-order valence-electron chi connectivity index (χ4n) is 1.47. The smallest absolute Gasteiger partial charge is 0.158 e. The van der Waals surface area contributed by atoms with Crippen molar-refractivity contribution in [2.45, 2.75) is 13.3 Å². The zero-order valence-corrected chi connectivity index (χ0v) is 9.49. The van der Waals surface area contributed by atoms with Gasteiger partial charge in [-0.2, -0.15) is 0 Å². The summed E-state index contributed by atoms with van der Waals surface area (Å²) in [5.74, 6) is 0.856. The van der Waals surface area contributed by atoms with Gasteiger partial charge in [0.1, 0.15) is 10.8 Å². The fourth-order valence-corrected chi connectivity index (χ4v) is 1.63. The average Bonchev–Trinajstić information content (AvgIpc) is 2.60. The van der Waals surface area contributed by atoms with Gasteiger partial charge in [-0.15, -0.1) is 0 Å². The maximum atomic E-state index is 5.84. The lowest BCUT2D eigenvalue weighted by Crippen LogP contribution is -1.93. The van der Waals surface area contributed by atoms with Crippen LogP contribution in [-0.2, 0) is 13.5 Å². The van der Waals surface area contributed by atoms with Gasteiger partial charge in [0.15, 0.2) is 5.82 Å². The molecular formula is C11H12ClN3. The molecule has 0 N–H and O–H groups in total. The second-order valence-corrected chi connectivity index (χ2v) is 3.75. The van der Waals surface area contributed by atoms with Crippen molar-refractivity contribution in [2.75, 3.05) is 0 Å². The van der Waals surface area contributed by atoms with Crippen LogP contribution < -0.4 is 0 Å². The molecule has 0 bridgehead atoms. The van der Waals surface area contributed by atoms with Crippen LogP contribution in [0.3, 0.4) is 0 Å². The van der Waals surface area contributed by atoms with Crippen LogP contribution in [0.2, 0.25) is 5.15 Å². The first-order valence-electron chi connectivity index (χ1n) is 4.86. The molecule has 0 saturated heterocycles. The van der Waals surface area contributed by atoms with Crippen LogP contribution >= 0.6 is 11.6 Å². The molecule has 0 spiro atoms. The number of hydrogen-bond acceptors (Lipinski definition) is 2. The van der Waals surface area contributed by atoms with Crippen molar-refractivity contribution in [3.8, 4) is 11.5 Å². The summed E-state index contributed by atoms with van der Waals surface area (Å²) in [5.41, 5.74) is 1.87. The number of imidazole rings is 1. The van der Waals surface area contributed by atoms with Crippen LogP contribution in [0, 0.1) is 0 Å². The molecule has 0 aliphatic rings. The zero-order chi connectivity index (χ0) is 10.8. The fraction of sp³-hybridized carbons (Fsp3) is 0.273. The molecule has 2 heterocycles. The summed E-state index contributed by atoms with van der Waals surface area (Å²) in [5, 5.41) is 0.494. The van der Waals surface area contributed by atoms with E-state index in [9.17, 15) is 0 Å². The Morgan fingerprint density at radius 2 is 2.13 bits per heavy atom. The molecule has 0 aliphatic heterocycles. The van der Waals surface area contributed by atoms with Gasteiger partial charge in [0, 0.05) is 13.2 Å². The molecule has 0 saturated carbocycles. The molecule has 0 atom stereocenters. The maximum absolute atomic E-state index is 5.84. The second-order valence-electron chi connectivity index (χ2n) is 3.37. The summed E-state index contributed by atoms with van der Waals surface area (Å²) in [7, 11) is 1.96. The Hall–Kier alpha value is -1.35. The third-order valence-electron chi connectivity index (χ3n) is 2.23. The molecule has 15 heavy (non-hydrogen) atoms. The molecule has 2 aromatic rings. The molecule has 0 unspecified atom stereocenters. The molecule has 3 nitrogen and oxygen atoms in total. The Balaban J connectivity index is 2.48. The first-order chi connectivity index (χ1) is 7.20. The van der Waals surface area contributed by atoms with Crippen LogP contribution in [-0.4, -0.2) is 14.5 Å². The van der Waals surface area contributed by atoms with Crippen LogP contribution in [0.15, 0.2) is 24.4 Å². The average molecular weight is 222 g/mol. The lowest BCUT2D eigenvalue weighted by Gasteiger charge is -2.00. The van der Waals surface area contributed by atoms with E-state index in [1.807, 2.05) is 29.9 Å². The highest BCUT2D eigenvalue weighted by Crippen LogP contribution is 2.17. The molecule has 4 heteroatoms. The number of halogens is 1. The zero-order valence-electron chi connectivity index (χ0n) is 8.74. The molecule has 78 valence electrons. The lowest BCUT2D eigenvalue weighted by molar-refractivity contribution is 0.916. The third kappa shape index (κ3) is 2.02. The van der Waals surface area contributed by atoms with Gasteiger partial charge in [-0.3, -0.25) is 0 Å². The first kappa shape index (κ1) is 10.2. The summed E-state index contributed by atoms with van der Waals surface area (Å²) < 4.78 is 1.97. The van der Waals surface area contributed by atoms with E-state index in [0.717, 1.165) is 23.6 Å². The van der Waals surface area contributed by atoms with E-state index >= 15 is 0 Å². The van der Waals surface area contributed by atoms with Crippen molar-refractivity contribution in [2.24, 2.45) is 7.05 Å². The van der Waals surface area contributed by atoms with E-state index < -0.39 is 0 Å². The normalized spacial score (nSPS) is 10.6. The van der Waals surface area contributed by atoms with Crippen LogP contribution in [0.1, 0.15) is 12.6 Å². The van der Waals surface area contributed by atoms with E-state index in [1.54, 1.807) is 6.07 Å². The number of rotatable bonds is 2. The number of pyridine rings is 1. The molecule has 2 rings (SSSR count). The Morgan fingerprint density at radius 3 is 2.73 bits per heavy atom. The topological polar surface area (TPSA) is 30.7 Å². The number of aromatic nitrogens is 3. The van der Waals surface area contributed by atoms with E-state index in [-0.39, 0.29) is 0 Å². The minimum atomic E-state index is 0.494. The standard InChI is InChI=1S/C11H12ClN3/c1-3-8-7-15(2)11(13-8)9-5-4-6-10(12)14-9/h4-7H,3H2,1-2H3. The van der Waals surface area contributed by atoms with Gasteiger partial charge in [0.05, 0.1) is 5.69 Å². The first-order valence-corrected chi connectivity index (χ1v) is 5.23. The Kier molecular flexibility index (Phi) is 2.73. The van der Waals surface area contributed by atoms with Crippen molar-refractivity contribution in [3.05, 3.63) is 35.2 Å². The van der Waals surface area contributed by atoms with Crippen LogP contribution in [0.25, 0.3) is 11.5 Å². The molecule has 0 radical (unpaired) electrons. The maximum Gasteiger partial charge on any atom is 0.158 e. The summed E-state index contributed by atoms with van der Waals surface area (Å²) in [4.78, 5) is 8.72. The number of hydrogen-bond donors (Lipinski definition) is 0. The monoisotopic (exact) mass is 221 g/mol. The van der Waals surface area contributed by atoms with Gasteiger partial charge in [-0.05, 0) is 18.6 Å². The summed E-state index contributed by atoms with van der Waals surface area (Å²) >= 11 is 5.84. The van der Waals surface area contributed by atoms with Gasteiger partial charge in [0.25, 0.3) is 0 Å². The van der Waals surface area contributed by atoms with Crippen molar-refractivity contribution >= 4 is 11.6 Å². The molecule has 2 aromatic heterocycles. The van der Waals surface area contributed by atoms with Crippen LogP contribution in [0.5, 0.6) is 0 Å². The van der Waals surface area contributed by atoms with Gasteiger partial charge in [-0.25, -0.2) is 9.97 Å². The number of aryl methyl sites for hydroxylation is 2. The minimum Gasteiger partial charge on any atom is -0.332 e.